The Morgan fingerprint density at radius 1 is 1.70 bits per heavy atom. The van der Waals surface area contributed by atoms with Gasteiger partial charge in [0, 0.05) is 18.8 Å². The predicted octanol–water partition coefficient (Wildman–Crippen LogP) is 1.77. The van der Waals surface area contributed by atoms with E-state index in [4.69, 9.17) is 0 Å². The van der Waals surface area contributed by atoms with Gasteiger partial charge in [-0.15, -0.1) is 0 Å². The van der Waals surface area contributed by atoms with Crippen molar-refractivity contribution < 1.29 is 0 Å². The maximum Gasteiger partial charge on any atom is 0.0597 e. The molecule has 1 rings (SSSR count). The molecule has 0 radical (unpaired) electrons. The summed E-state index contributed by atoms with van der Waals surface area (Å²) < 4.78 is 0. The monoisotopic (exact) mass is 134 g/mol. The largest absolute Gasteiger partial charge is 0.386 e. The van der Waals surface area contributed by atoms with Crippen LogP contribution in [0.4, 0.5) is 5.69 Å². The molecule has 2 nitrogen and oxygen atoms in total. The second-order valence-electron chi connectivity index (χ2n) is 1.92. The van der Waals surface area contributed by atoms with Crippen LogP contribution in [0.1, 0.15) is 5.56 Å². The Labute approximate surface area is 60.6 Å². The first-order valence-corrected chi connectivity index (χ1v) is 3.12. The van der Waals surface area contributed by atoms with Gasteiger partial charge in [-0.1, -0.05) is 12.7 Å². The molecule has 0 aromatic carbocycles. The van der Waals surface area contributed by atoms with E-state index < -0.39 is 0 Å². The normalized spacial score (nSPS) is 8.90. The Morgan fingerprint density at radius 3 is 3.00 bits per heavy atom. The van der Waals surface area contributed by atoms with Crippen molar-refractivity contribution in [2.75, 3.05) is 12.4 Å². The van der Waals surface area contributed by atoms with Crippen LogP contribution < -0.4 is 5.32 Å². The number of nitrogens with one attached hydrogen (secondary N) is 1. The standard InChI is InChI=1S/C8H10N2/c1-3-7-4-5-10-6-8(7)9-2/h3-6,9H,1H2,2H3. The molecule has 2 heteroatoms. The van der Waals surface area contributed by atoms with Gasteiger partial charge in [0.1, 0.15) is 0 Å². The van der Waals surface area contributed by atoms with Gasteiger partial charge in [0.2, 0.25) is 0 Å². The Kier molecular flexibility index (Phi) is 2.05. The zero-order valence-electron chi connectivity index (χ0n) is 5.96. The summed E-state index contributed by atoms with van der Waals surface area (Å²) in [5, 5.41) is 3.01. The van der Waals surface area contributed by atoms with Crippen LogP contribution >= 0.6 is 0 Å². The lowest BCUT2D eigenvalue weighted by Gasteiger charge is -2.01. The van der Waals surface area contributed by atoms with E-state index in [1.165, 1.54) is 0 Å². The summed E-state index contributed by atoms with van der Waals surface area (Å²) in [6, 6.07) is 1.92. The molecule has 52 valence electrons. The molecule has 0 spiro atoms. The molecule has 0 saturated carbocycles. The lowest BCUT2D eigenvalue weighted by Crippen LogP contribution is -1.91. The van der Waals surface area contributed by atoms with Crippen molar-refractivity contribution in [1.82, 2.24) is 4.98 Å². The minimum Gasteiger partial charge on any atom is -0.386 e. The third-order valence-corrected chi connectivity index (χ3v) is 1.34. The average molecular weight is 134 g/mol. The molecule has 0 aliphatic rings. The van der Waals surface area contributed by atoms with Crippen LogP contribution in [-0.2, 0) is 0 Å². The predicted molar refractivity (Wildman–Crippen MR) is 43.9 cm³/mol. The fourth-order valence-electron chi connectivity index (χ4n) is 0.792. The quantitative estimate of drug-likeness (QED) is 0.666. The van der Waals surface area contributed by atoms with Crippen LogP contribution in [0.15, 0.2) is 25.0 Å². The average Bonchev–Trinajstić information content (AvgIpc) is 2.04. The van der Waals surface area contributed by atoms with E-state index in [9.17, 15) is 0 Å². The number of pyridine rings is 1. The van der Waals surface area contributed by atoms with Crippen LogP contribution in [-0.4, -0.2) is 12.0 Å². The third-order valence-electron chi connectivity index (χ3n) is 1.34. The maximum atomic E-state index is 3.95. The number of nitrogens with zero attached hydrogens (tertiary/aromatic N) is 1. The minimum atomic E-state index is 1.01. The van der Waals surface area contributed by atoms with Crippen molar-refractivity contribution in [2.45, 2.75) is 0 Å². The fraction of sp³-hybridized carbons (Fsp3) is 0.125. The summed E-state index contributed by atoms with van der Waals surface area (Å²) in [5.74, 6) is 0. The summed E-state index contributed by atoms with van der Waals surface area (Å²) in [7, 11) is 1.87. The van der Waals surface area contributed by atoms with E-state index in [1.54, 1.807) is 18.5 Å². The van der Waals surface area contributed by atoms with Gasteiger partial charge in [0.25, 0.3) is 0 Å². The van der Waals surface area contributed by atoms with Crippen molar-refractivity contribution in [3.8, 4) is 0 Å². The first-order valence-electron chi connectivity index (χ1n) is 3.12. The van der Waals surface area contributed by atoms with Crippen molar-refractivity contribution in [1.29, 1.82) is 0 Å². The van der Waals surface area contributed by atoms with Gasteiger partial charge in [-0.2, -0.15) is 0 Å². The highest BCUT2D eigenvalue weighted by Crippen LogP contribution is 2.12. The summed E-state index contributed by atoms with van der Waals surface area (Å²) in [5.41, 5.74) is 2.09. The SMILES string of the molecule is C=Cc1ccncc1NC. The fourth-order valence-corrected chi connectivity index (χ4v) is 0.792. The zero-order valence-corrected chi connectivity index (χ0v) is 5.96. The van der Waals surface area contributed by atoms with Gasteiger partial charge in [0.05, 0.1) is 11.9 Å². The molecule has 0 aliphatic carbocycles. The van der Waals surface area contributed by atoms with E-state index >= 15 is 0 Å². The second kappa shape index (κ2) is 3.01. The van der Waals surface area contributed by atoms with Gasteiger partial charge in [0.15, 0.2) is 0 Å². The molecule has 0 amide bonds. The van der Waals surface area contributed by atoms with E-state index in [-0.39, 0.29) is 0 Å². The smallest absolute Gasteiger partial charge is 0.0597 e. The highest BCUT2D eigenvalue weighted by atomic mass is 14.8. The summed E-state index contributed by atoms with van der Waals surface area (Å²) in [4.78, 5) is 3.95. The number of aromatic nitrogens is 1. The molecule has 0 bridgehead atoms. The van der Waals surface area contributed by atoms with E-state index in [1.807, 2.05) is 13.1 Å². The third kappa shape index (κ3) is 1.16. The molecule has 1 N–H and O–H groups in total. The number of hydrogen-bond donors (Lipinski definition) is 1. The number of anilines is 1. The first-order chi connectivity index (χ1) is 4.88. The first kappa shape index (κ1) is 6.81. The summed E-state index contributed by atoms with van der Waals surface area (Å²) in [6.45, 7) is 3.67. The van der Waals surface area contributed by atoms with Crippen molar-refractivity contribution >= 4 is 11.8 Å². The van der Waals surface area contributed by atoms with Crippen LogP contribution in [0.5, 0.6) is 0 Å². The topological polar surface area (TPSA) is 24.9 Å². The minimum absolute atomic E-state index is 1.01. The van der Waals surface area contributed by atoms with Crippen LogP contribution in [0.2, 0.25) is 0 Å². The molecule has 1 aromatic rings. The molecule has 0 saturated heterocycles. The van der Waals surface area contributed by atoms with Gasteiger partial charge < -0.3 is 5.32 Å². The van der Waals surface area contributed by atoms with Crippen molar-refractivity contribution in [2.24, 2.45) is 0 Å². The van der Waals surface area contributed by atoms with E-state index in [0.717, 1.165) is 11.3 Å². The van der Waals surface area contributed by atoms with Gasteiger partial charge >= 0.3 is 0 Å². The van der Waals surface area contributed by atoms with E-state index in [0.29, 0.717) is 0 Å². The van der Waals surface area contributed by atoms with Crippen LogP contribution in [0.3, 0.4) is 0 Å². The number of hydrogen-bond acceptors (Lipinski definition) is 2. The molecule has 0 atom stereocenters. The van der Waals surface area contributed by atoms with Gasteiger partial charge in [-0.3, -0.25) is 4.98 Å². The van der Waals surface area contributed by atoms with Gasteiger partial charge in [-0.05, 0) is 6.07 Å². The number of rotatable bonds is 2. The molecular formula is C8H10N2. The maximum absolute atomic E-state index is 3.95. The van der Waals surface area contributed by atoms with E-state index in [2.05, 4.69) is 16.9 Å². The second-order valence-corrected chi connectivity index (χ2v) is 1.92. The molecule has 0 aliphatic heterocycles. The Morgan fingerprint density at radius 2 is 2.50 bits per heavy atom. The highest BCUT2D eigenvalue weighted by molar-refractivity contribution is 5.63. The molecule has 10 heavy (non-hydrogen) atoms. The Hall–Kier alpha value is -1.31. The van der Waals surface area contributed by atoms with Crippen LogP contribution in [0, 0.1) is 0 Å². The zero-order chi connectivity index (χ0) is 7.40. The van der Waals surface area contributed by atoms with Crippen molar-refractivity contribution in [3.63, 3.8) is 0 Å². The molecule has 0 fully saturated rings. The summed E-state index contributed by atoms with van der Waals surface area (Å²) >= 11 is 0. The molecule has 1 aromatic heterocycles. The molecule has 1 heterocycles. The lowest BCUT2D eigenvalue weighted by atomic mass is 10.2. The lowest BCUT2D eigenvalue weighted by molar-refractivity contribution is 1.30. The Balaban J connectivity index is 3.08. The molecular weight excluding hydrogens is 124 g/mol. The van der Waals surface area contributed by atoms with Crippen molar-refractivity contribution in [3.05, 3.63) is 30.6 Å². The highest BCUT2D eigenvalue weighted by Gasteiger charge is 1.92. The Bertz CT molecular complexity index is 230. The molecule has 0 unspecified atom stereocenters. The summed E-state index contributed by atoms with van der Waals surface area (Å²) in [6.07, 6.45) is 5.32. The van der Waals surface area contributed by atoms with Gasteiger partial charge in [-0.25, -0.2) is 0 Å². The van der Waals surface area contributed by atoms with Crippen LogP contribution in [0.25, 0.3) is 6.08 Å².